The molecular weight excluding hydrogens is 329 g/mol. The van der Waals surface area contributed by atoms with Crippen molar-refractivity contribution in [3.63, 3.8) is 0 Å². The van der Waals surface area contributed by atoms with E-state index >= 15 is 0 Å². The number of methoxy groups -OCH3 is 1. The van der Waals surface area contributed by atoms with Crippen LogP contribution in [-0.4, -0.2) is 32.3 Å². The molecule has 0 saturated carbocycles. The zero-order chi connectivity index (χ0) is 14.5. The Hall–Kier alpha value is -0.980. The molecule has 0 aliphatic carbocycles. The van der Waals surface area contributed by atoms with Gasteiger partial charge in [0.25, 0.3) is 0 Å². The van der Waals surface area contributed by atoms with Crippen LogP contribution in [0, 0.1) is 5.82 Å². The van der Waals surface area contributed by atoms with Gasteiger partial charge in [0.15, 0.2) is 0 Å². The fourth-order valence-electron chi connectivity index (χ4n) is 2.23. The normalized spacial score (nSPS) is 19.9. The van der Waals surface area contributed by atoms with E-state index in [4.69, 9.17) is 9.47 Å². The minimum absolute atomic E-state index is 0.0921. The Morgan fingerprint density at radius 2 is 2.45 bits per heavy atom. The van der Waals surface area contributed by atoms with Gasteiger partial charge in [0, 0.05) is 17.6 Å². The van der Waals surface area contributed by atoms with Crippen molar-refractivity contribution >= 4 is 21.9 Å². The molecule has 110 valence electrons. The quantitative estimate of drug-likeness (QED) is 0.833. The summed E-state index contributed by atoms with van der Waals surface area (Å²) in [6.07, 6.45) is 2.08. The van der Waals surface area contributed by atoms with Crippen molar-refractivity contribution in [3.8, 4) is 0 Å². The van der Waals surface area contributed by atoms with Crippen LogP contribution in [0.15, 0.2) is 22.7 Å². The largest absolute Gasteiger partial charge is 0.468 e. The highest BCUT2D eigenvalue weighted by atomic mass is 79.9. The third-order valence-electron chi connectivity index (χ3n) is 3.28. The van der Waals surface area contributed by atoms with Crippen LogP contribution in [0.4, 0.5) is 4.39 Å². The highest BCUT2D eigenvalue weighted by Crippen LogP contribution is 2.26. The number of halogens is 2. The first kappa shape index (κ1) is 15.4. The molecule has 0 radical (unpaired) electrons. The summed E-state index contributed by atoms with van der Waals surface area (Å²) in [5.74, 6) is -0.842. The maximum atomic E-state index is 13.4. The second-order valence-electron chi connectivity index (χ2n) is 4.67. The number of hydrogen-bond acceptors (Lipinski definition) is 4. The summed E-state index contributed by atoms with van der Waals surface area (Å²) in [6.45, 7) is 1.28. The van der Waals surface area contributed by atoms with Crippen molar-refractivity contribution in [2.45, 2.75) is 25.0 Å². The first-order valence-electron chi connectivity index (χ1n) is 6.49. The Morgan fingerprint density at radius 1 is 1.65 bits per heavy atom. The van der Waals surface area contributed by atoms with E-state index in [-0.39, 0.29) is 6.10 Å². The first-order chi connectivity index (χ1) is 9.61. The standard InChI is InChI=1S/C14H17BrFNO3/c1-19-14(18)13(17-8-10-3-2-6-20-10)11-7-9(16)4-5-12(11)15/h4-5,7,10,13,17H,2-3,6,8H2,1H3. The number of hydrogen-bond donors (Lipinski definition) is 1. The van der Waals surface area contributed by atoms with Gasteiger partial charge in [-0.05, 0) is 36.6 Å². The summed E-state index contributed by atoms with van der Waals surface area (Å²) in [5.41, 5.74) is 0.523. The molecule has 2 atom stereocenters. The molecule has 1 aromatic carbocycles. The van der Waals surface area contributed by atoms with Crippen molar-refractivity contribution in [2.75, 3.05) is 20.3 Å². The molecule has 0 amide bonds. The fraction of sp³-hybridized carbons (Fsp3) is 0.500. The highest BCUT2D eigenvalue weighted by molar-refractivity contribution is 9.10. The van der Waals surface area contributed by atoms with Gasteiger partial charge in [-0.3, -0.25) is 5.32 Å². The van der Waals surface area contributed by atoms with Gasteiger partial charge >= 0.3 is 5.97 Å². The molecule has 1 N–H and O–H groups in total. The number of benzene rings is 1. The Balaban J connectivity index is 2.13. The second-order valence-corrected chi connectivity index (χ2v) is 5.52. The van der Waals surface area contributed by atoms with E-state index < -0.39 is 17.8 Å². The van der Waals surface area contributed by atoms with Crippen molar-refractivity contribution in [2.24, 2.45) is 0 Å². The second kappa shape index (κ2) is 7.15. The van der Waals surface area contributed by atoms with Crippen LogP contribution >= 0.6 is 15.9 Å². The van der Waals surface area contributed by atoms with E-state index in [1.807, 2.05) is 0 Å². The SMILES string of the molecule is COC(=O)C(NCC1CCCO1)c1cc(F)ccc1Br. The number of ether oxygens (including phenoxy) is 2. The third-order valence-corrected chi connectivity index (χ3v) is 4.00. The van der Waals surface area contributed by atoms with E-state index in [1.54, 1.807) is 6.07 Å². The van der Waals surface area contributed by atoms with Gasteiger partial charge in [-0.15, -0.1) is 0 Å². The summed E-state index contributed by atoms with van der Waals surface area (Å²) in [7, 11) is 1.32. The molecule has 1 aliphatic rings. The average Bonchev–Trinajstić information content (AvgIpc) is 2.95. The van der Waals surface area contributed by atoms with Crippen LogP contribution in [-0.2, 0) is 14.3 Å². The predicted molar refractivity (Wildman–Crippen MR) is 75.8 cm³/mol. The lowest BCUT2D eigenvalue weighted by Crippen LogP contribution is -2.35. The van der Waals surface area contributed by atoms with Crippen molar-refractivity contribution in [3.05, 3.63) is 34.1 Å². The van der Waals surface area contributed by atoms with Crippen LogP contribution in [0.5, 0.6) is 0 Å². The number of nitrogens with one attached hydrogen (secondary N) is 1. The summed E-state index contributed by atoms with van der Waals surface area (Å²) < 4.78 is 24.3. The monoisotopic (exact) mass is 345 g/mol. The molecule has 1 aliphatic heterocycles. The number of carbonyl (C=O) groups excluding carboxylic acids is 1. The minimum atomic E-state index is -0.714. The molecule has 0 spiro atoms. The first-order valence-corrected chi connectivity index (χ1v) is 7.29. The Morgan fingerprint density at radius 3 is 3.10 bits per heavy atom. The molecule has 0 bridgehead atoms. The van der Waals surface area contributed by atoms with Gasteiger partial charge < -0.3 is 9.47 Å². The molecule has 20 heavy (non-hydrogen) atoms. The number of carbonyl (C=O) groups is 1. The lowest BCUT2D eigenvalue weighted by Gasteiger charge is -2.20. The molecule has 0 aromatic heterocycles. The lowest BCUT2D eigenvalue weighted by molar-refractivity contribution is -0.143. The summed E-state index contributed by atoms with van der Waals surface area (Å²) in [4.78, 5) is 11.9. The Labute approximate surface area is 125 Å². The van der Waals surface area contributed by atoms with Gasteiger partial charge in [0.2, 0.25) is 0 Å². The van der Waals surface area contributed by atoms with Crippen LogP contribution in [0.1, 0.15) is 24.4 Å². The molecule has 1 aromatic rings. The topological polar surface area (TPSA) is 47.6 Å². The summed E-state index contributed by atoms with van der Waals surface area (Å²) in [6, 6.07) is 3.53. The smallest absolute Gasteiger partial charge is 0.327 e. The van der Waals surface area contributed by atoms with E-state index in [9.17, 15) is 9.18 Å². The third kappa shape index (κ3) is 3.77. The van der Waals surface area contributed by atoms with E-state index in [0.717, 1.165) is 19.4 Å². The molecular formula is C14H17BrFNO3. The van der Waals surface area contributed by atoms with Crippen LogP contribution in [0.2, 0.25) is 0 Å². The minimum Gasteiger partial charge on any atom is -0.468 e. The van der Waals surface area contributed by atoms with Crippen LogP contribution in [0.25, 0.3) is 0 Å². The predicted octanol–water partition coefficient (Wildman–Crippen LogP) is 2.57. The average molecular weight is 346 g/mol. The summed E-state index contributed by atoms with van der Waals surface area (Å²) in [5, 5.41) is 3.10. The zero-order valence-corrected chi connectivity index (χ0v) is 12.8. The molecule has 1 heterocycles. The van der Waals surface area contributed by atoms with Crippen LogP contribution < -0.4 is 5.32 Å². The maximum Gasteiger partial charge on any atom is 0.327 e. The van der Waals surface area contributed by atoms with Crippen LogP contribution in [0.3, 0.4) is 0 Å². The summed E-state index contributed by atoms with van der Waals surface area (Å²) >= 11 is 3.34. The number of esters is 1. The van der Waals surface area contributed by atoms with Crippen molar-refractivity contribution in [1.29, 1.82) is 0 Å². The molecule has 4 nitrogen and oxygen atoms in total. The Kier molecular flexibility index (Phi) is 5.51. The van der Waals surface area contributed by atoms with Gasteiger partial charge in [0.1, 0.15) is 11.9 Å². The van der Waals surface area contributed by atoms with Gasteiger partial charge in [-0.1, -0.05) is 15.9 Å². The molecule has 2 rings (SSSR count). The van der Waals surface area contributed by atoms with Crippen molar-refractivity contribution < 1.29 is 18.7 Å². The van der Waals surface area contributed by atoms with E-state index in [2.05, 4.69) is 21.2 Å². The van der Waals surface area contributed by atoms with Gasteiger partial charge in [-0.2, -0.15) is 0 Å². The fourth-order valence-corrected chi connectivity index (χ4v) is 2.70. The van der Waals surface area contributed by atoms with Crippen molar-refractivity contribution in [1.82, 2.24) is 5.32 Å². The Bertz CT molecular complexity index is 477. The van der Waals surface area contributed by atoms with Gasteiger partial charge in [0.05, 0.1) is 13.2 Å². The van der Waals surface area contributed by atoms with E-state index in [0.29, 0.717) is 16.6 Å². The molecule has 6 heteroatoms. The van der Waals surface area contributed by atoms with Gasteiger partial charge in [-0.25, -0.2) is 9.18 Å². The lowest BCUT2D eigenvalue weighted by atomic mass is 10.1. The molecule has 1 fully saturated rings. The molecule has 2 unspecified atom stereocenters. The maximum absolute atomic E-state index is 13.4. The van der Waals surface area contributed by atoms with E-state index in [1.165, 1.54) is 19.2 Å². The molecule has 1 saturated heterocycles. The highest BCUT2D eigenvalue weighted by Gasteiger charge is 2.26. The number of rotatable bonds is 5. The zero-order valence-electron chi connectivity index (χ0n) is 11.2.